The van der Waals surface area contributed by atoms with Crippen molar-refractivity contribution in [1.82, 2.24) is 4.90 Å². The number of amides is 1. The van der Waals surface area contributed by atoms with Crippen molar-refractivity contribution in [2.45, 2.75) is 51.6 Å². The Labute approximate surface area is 161 Å². The molecule has 1 aliphatic heterocycles. The number of aromatic hydroxyl groups is 1. The summed E-state index contributed by atoms with van der Waals surface area (Å²) >= 11 is 0. The molecule has 2 atom stereocenters. The van der Waals surface area contributed by atoms with Crippen LogP contribution in [0.2, 0.25) is 0 Å². The molecule has 4 nitrogen and oxygen atoms in total. The summed E-state index contributed by atoms with van der Waals surface area (Å²) in [7, 11) is 0. The SMILES string of the molecule is CC1(C)[C@H]2Cc3c(O)cccc3[C@]1(C)CCN2C(=O)c1ccc(CN)cc1. The number of nitrogens with zero attached hydrogens (tertiary/aromatic N) is 1. The van der Waals surface area contributed by atoms with Gasteiger partial charge in [0.1, 0.15) is 5.75 Å². The molecule has 1 heterocycles. The molecule has 2 bridgehead atoms. The number of hydrogen-bond donors (Lipinski definition) is 2. The first kappa shape index (κ1) is 18.1. The summed E-state index contributed by atoms with van der Waals surface area (Å²) in [5.74, 6) is 0.415. The summed E-state index contributed by atoms with van der Waals surface area (Å²) in [6.07, 6.45) is 1.58. The number of fused-ring (bicyclic) bond motifs is 4. The number of nitrogens with two attached hydrogens (primary N) is 1. The van der Waals surface area contributed by atoms with E-state index < -0.39 is 0 Å². The van der Waals surface area contributed by atoms with Gasteiger partial charge in [0.25, 0.3) is 5.91 Å². The lowest BCUT2D eigenvalue weighted by molar-refractivity contribution is -0.0266. The van der Waals surface area contributed by atoms with Gasteiger partial charge in [-0.3, -0.25) is 4.79 Å². The van der Waals surface area contributed by atoms with Crippen LogP contribution in [0.3, 0.4) is 0 Å². The summed E-state index contributed by atoms with van der Waals surface area (Å²) in [4.78, 5) is 15.3. The summed E-state index contributed by atoms with van der Waals surface area (Å²) < 4.78 is 0. The van der Waals surface area contributed by atoms with Crippen LogP contribution in [0.1, 0.15) is 54.2 Å². The average molecular weight is 364 g/mol. The Morgan fingerprint density at radius 3 is 2.56 bits per heavy atom. The molecule has 1 amide bonds. The van der Waals surface area contributed by atoms with Gasteiger partial charge in [0.05, 0.1) is 0 Å². The highest BCUT2D eigenvalue weighted by atomic mass is 16.3. The van der Waals surface area contributed by atoms with Gasteiger partial charge < -0.3 is 15.7 Å². The van der Waals surface area contributed by atoms with Crippen molar-refractivity contribution in [2.24, 2.45) is 11.1 Å². The Bertz CT molecular complexity index is 888. The number of piperidine rings is 1. The third-order valence-electron chi connectivity index (χ3n) is 7.32. The Hall–Kier alpha value is -2.33. The second kappa shape index (κ2) is 6.10. The van der Waals surface area contributed by atoms with Crippen molar-refractivity contribution in [2.75, 3.05) is 6.54 Å². The minimum atomic E-state index is -0.0844. The van der Waals surface area contributed by atoms with Gasteiger partial charge in [0.2, 0.25) is 0 Å². The maximum absolute atomic E-state index is 13.3. The normalized spacial score (nSPS) is 25.8. The fourth-order valence-corrected chi connectivity index (χ4v) is 5.12. The van der Waals surface area contributed by atoms with Crippen molar-refractivity contribution >= 4 is 5.91 Å². The predicted octanol–water partition coefficient (Wildman–Crippen LogP) is 3.61. The monoisotopic (exact) mass is 364 g/mol. The van der Waals surface area contributed by atoms with E-state index in [-0.39, 0.29) is 22.8 Å². The van der Waals surface area contributed by atoms with E-state index in [0.29, 0.717) is 24.3 Å². The molecule has 4 heteroatoms. The third kappa shape index (κ3) is 2.50. The lowest BCUT2D eigenvalue weighted by atomic mass is 9.51. The number of carbonyl (C=O) groups is 1. The zero-order chi connectivity index (χ0) is 19.4. The molecule has 0 radical (unpaired) electrons. The number of hydrogen-bond acceptors (Lipinski definition) is 3. The largest absolute Gasteiger partial charge is 0.508 e. The van der Waals surface area contributed by atoms with Crippen LogP contribution in [0.4, 0.5) is 0 Å². The third-order valence-corrected chi connectivity index (χ3v) is 7.32. The van der Waals surface area contributed by atoms with Gasteiger partial charge in [0, 0.05) is 30.1 Å². The molecular formula is C23H28N2O2. The molecule has 142 valence electrons. The molecule has 4 rings (SSSR count). The maximum Gasteiger partial charge on any atom is 0.254 e. The van der Waals surface area contributed by atoms with Crippen LogP contribution < -0.4 is 5.73 Å². The molecule has 0 aromatic heterocycles. The van der Waals surface area contributed by atoms with Gasteiger partial charge in [-0.05, 0) is 53.1 Å². The topological polar surface area (TPSA) is 66.6 Å². The van der Waals surface area contributed by atoms with Gasteiger partial charge in [0.15, 0.2) is 0 Å². The van der Waals surface area contributed by atoms with E-state index in [0.717, 1.165) is 24.1 Å². The molecule has 0 spiro atoms. The number of likely N-dealkylation sites (tertiary alicyclic amines) is 1. The highest BCUT2D eigenvalue weighted by Crippen LogP contribution is 2.57. The fraction of sp³-hybridized carbons (Fsp3) is 0.435. The van der Waals surface area contributed by atoms with Gasteiger partial charge in [-0.25, -0.2) is 0 Å². The second-order valence-electron chi connectivity index (χ2n) is 8.73. The van der Waals surface area contributed by atoms with Crippen molar-refractivity contribution in [3.8, 4) is 5.75 Å². The van der Waals surface area contributed by atoms with Crippen LogP contribution in [0.15, 0.2) is 42.5 Å². The van der Waals surface area contributed by atoms with E-state index in [9.17, 15) is 9.90 Å². The molecule has 1 fully saturated rings. The highest BCUT2D eigenvalue weighted by Gasteiger charge is 2.57. The van der Waals surface area contributed by atoms with Gasteiger partial charge in [-0.15, -0.1) is 0 Å². The van der Waals surface area contributed by atoms with Crippen molar-refractivity contribution in [3.05, 3.63) is 64.7 Å². The zero-order valence-corrected chi connectivity index (χ0v) is 16.3. The molecular weight excluding hydrogens is 336 g/mol. The maximum atomic E-state index is 13.3. The number of phenols is 1. The number of carbonyl (C=O) groups excluding carboxylic acids is 1. The smallest absolute Gasteiger partial charge is 0.254 e. The van der Waals surface area contributed by atoms with E-state index in [1.807, 2.05) is 35.2 Å². The van der Waals surface area contributed by atoms with Gasteiger partial charge >= 0.3 is 0 Å². The van der Waals surface area contributed by atoms with E-state index in [1.54, 1.807) is 6.07 Å². The van der Waals surface area contributed by atoms with Crippen LogP contribution in [0.25, 0.3) is 0 Å². The van der Waals surface area contributed by atoms with Crippen molar-refractivity contribution in [1.29, 1.82) is 0 Å². The summed E-state index contributed by atoms with van der Waals surface area (Å²) in [6, 6.07) is 13.5. The van der Waals surface area contributed by atoms with Crippen LogP contribution in [-0.2, 0) is 18.4 Å². The quantitative estimate of drug-likeness (QED) is 0.855. The summed E-state index contributed by atoms with van der Waals surface area (Å²) in [6.45, 7) is 8.03. The number of benzene rings is 2. The predicted molar refractivity (Wildman–Crippen MR) is 107 cm³/mol. The minimum Gasteiger partial charge on any atom is -0.508 e. The molecule has 2 aliphatic rings. The molecule has 2 aromatic rings. The first-order valence-corrected chi connectivity index (χ1v) is 9.71. The number of rotatable bonds is 2. The summed E-state index contributed by atoms with van der Waals surface area (Å²) in [5.41, 5.74) is 9.49. The molecule has 3 N–H and O–H groups in total. The van der Waals surface area contributed by atoms with Crippen LogP contribution >= 0.6 is 0 Å². The van der Waals surface area contributed by atoms with Crippen molar-refractivity contribution in [3.63, 3.8) is 0 Å². The number of phenolic OH excluding ortho intramolecular Hbond substituents is 1. The Morgan fingerprint density at radius 2 is 1.89 bits per heavy atom. The molecule has 27 heavy (non-hydrogen) atoms. The Morgan fingerprint density at radius 1 is 1.19 bits per heavy atom. The highest BCUT2D eigenvalue weighted by molar-refractivity contribution is 5.94. The second-order valence-corrected chi connectivity index (χ2v) is 8.73. The lowest BCUT2D eigenvalue weighted by Crippen LogP contribution is -2.64. The summed E-state index contributed by atoms with van der Waals surface area (Å²) in [5, 5.41) is 10.5. The first-order valence-electron chi connectivity index (χ1n) is 9.71. The minimum absolute atomic E-state index is 0.0544. The van der Waals surface area contributed by atoms with E-state index in [4.69, 9.17) is 5.73 Å². The fourth-order valence-electron chi connectivity index (χ4n) is 5.12. The van der Waals surface area contributed by atoms with E-state index in [2.05, 4.69) is 26.8 Å². The average Bonchev–Trinajstić information content (AvgIpc) is 2.65. The molecule has 2 aromatic carbocycles. The van der Waals surface area contributed by atoms with Gasteiger partial charge in [-0.1, -0.05) is 45.0 Å². The molecule has 0 saturated carbocycles. The molecule has 1 aliphatic carbocycles. The van der Waals surface area contributed by atoms with E-state index in [1.165, 1.54) is 5.56 Å². The Kier molecular flexibility index (Phi) is 4.08. The van der Waals surface area contributed by atoms with Gasteiger partial charge in [-0.2, -0.15) is 0 Å². The zero-order valence-electron chi connectivity index (χ0n) is 16.3. The Balaban J connectivity index is 1.74. The van der Waals surface area contributed by atoms with Crippen LogP contribution in [-0.4, -0.2) is 28.5 Å². The standard InChI is InChI=1S/C23H28N2O2/c1-22(2)20-13-17-18(5-4-6-19(17)26)23(22,3)11-12-25(20)21(27)16-9-7-15(14-24)8-10-16/h4-10,20,26H,11-14,24H2,1-3H3/t20-,23+/m1/s1. The first-order chi connectivity index (χ1) is 12.8. The molecule has 1 saturated heterocycles. The lowest BCUT2D eigenvalue weighted by Gasteiger charge is -2.60. The van der Waals surface area contributed by atoms with E-state index >= 15 is 0 Å². The van der Waals surface area contributed by atoms with Crippen LogP contribution in [0, 0.1) is 5.41 Å². The van der Waals surface area contributed by atoms with Crippen molar-refractivity contribution < 1.29 is 9.90 Å². The molecule has 0 unspecified atom stereocenters. The van der Waals surface area contributed by atoms with Crippen LogP contribution in [0.5, 0.6) is 5.75 Å².